The van der Waals surface area contributed by atoms with Crippen molar-refractivity contribution < 1.29 is 0 Å². The van der Waals surface area contributed by atoms with Gasteiger partial charge >= 0.3 is 0 Å². The average Bonchev–Trinajstić information content (AvgIpc) is 2.63. The van der Waals surface area contributed by atoms with Gasteiger partial charge in [-0.25, -0.2) is 4.98 Å². The van der Waals surface area contributed by atoms with Crippen LogP contribution in [0.4, 0.5) is 0 Å². The Bertz CT molecular complexity index is 381. The van der Waals surface area contributed by atoms with Gasteiger partial charge in [-0.05, 0) is 45.1 Å². The topological polar surface area (TPSA) is 24.9 Å². The van der Waals surface area contributed by atoms with Crippen molar-refractivity contribution in [3.05, 3.63) is 15.6 Å². The molecule has 0 spiro atoms. The van der Waals surface area contributed by atoms with Gasteiger partial charge in [-0.3, -0.25) is 0 Å². The van der Waals surface area contributed by atoms with E-state index in [4.69, 9.17) is 0 Å². The first-order valence-electron chi connectivity index (χ1n) is 6.07. The Morgan fingerprint density at radius 3 is 2.56 bits per heavy atom. The molecule has 0 bridgehead atoms. The molecule has 2 nitrogen and oxygen atoms in total. The first-order chi connectivity index (χ1) is 7.40. The predicted octanol–water partition coefficient (Wildman–Crippen LogP) is 3.46. The van der Waals surface area contributed by atoms with Crippen LogP contribution >= 0.6 is 11.3 Å². The molecule has 1 heterocycles. The van der Waals surface area contributed by atoms with E-state index in [2.05, 4.69) is 44.9 Å². The Kier molecular flexibility index (Phi) is 3.10. The largest absolute Gasteiger partial charge is 0.309 e. The highest BCUT2D eigenvalue weighted by molar-refractivity contribution is 7.11. The third-order valence-electron chi connectivity index (χ3n) is 3.72. The molecule has 1 aromatic heterocycles. The maximum Gasteiger partial charge on any atom is 0.0900 e. The molecule has 1 N–H and O–H groups in total. The second-order valence-corrected chi connectivity index (χ2v) is 6.94. The van der Waals surface area contributed by atoms with Crippen LogP contribution in [0.15, 0.2) is 0 Å². The predicted molar refractivity (Wildman–Crippen MR) is 69.9 cm³/mol. The summed E-state index contributed by atoms with van der Waals surface area (Å²) in [6.45, 7) is 12.3. The third kappa shape index (κ3) is 2.46. The van der Waals surface area contributed by atoms with E-state index in [1.807, 2.05) is 11.3 Å². The van der Waals surface area contributed by atoms with Crippen molar-refractivity contribution in [3.8, 4) is 0 Å². The molecule has 1 saturated carbocycles. The van der Waals surface area contributed by atoms with Crippen molar-refractivity contribution in [3.63, 3.8) is 0 Å². The molecule has 0 amide bonds. The quantitative estimate of drug-likeness (QED) is 0.869. The minimum Gasteiger partial charge on any atom is -0.309 e. The minimum absolute atomic E-state index is 0.447. The van der Waals surface area contributed by atoms with Crippen molar-refractivity contribution in [2.75, 3.05) is 6.54 Å². The van der Waals surface area contributed by atoms with Crippen LogP contribution in [0.25, 0.3) is 0 Å². The SMILES string of the molecule is Cc1nc(C)c(C(C)NCC2CC2(C)C)s1. The van der Waals surface area contributed by atoms with Crippen LogP contribution in [-0.4, -0.2) is 11.5 Å². The van der Waals surface area contributed by atoms with Gasteiger partial charge in [-0.2, -0.15) is 0 Å². The minimum atomic E-state index is 0.447. The van der Waals surface area contributed by atoms with E-state index in [0.717, 1.165) is 12.5 Å². The molecule has 0 aliphatic heterocycles. The average molecular weight is 238 g/mol. The first kappa shape index (κ1) is 12.1. The zero-order valence-electron chi connectivity index (χ0n) is 10.9. The molecule has 2 atom stereocenters. The smallest absolute Gasteiger partial charge is 0.0900 e. The normalized spacial score (nSPS) is 24.4. The van der Waals surface area contributed by atoms with E-state index in [1.54, 1.807) is 0 Å². The number of nitrogens with one attached hydrogen (secondary N) is 1. The fourth-order valence-electron chi connectivity index (χ4n) is 2.29. The molecule has 1 aliphatic rings. The van der Waals surface area contributed by atoms with Gasteiger partial charge < -0.3 is 5.32 Å². The number of hydrogen-bond acceptors (Lipinski definition) is 3. The van der Waals surface area contributed by atoms with Crippen LogP contribution in [0.3, 0.4) is 0 Å². The molecule has 16 heavy (non-hydrogen) atoms. The molecule has 1 fully saturated rings. The van der Waals surface area contributed by atoms with Gasteiger partial charge in [-0.15, -0.1) is 11.3 Å². The molecule has 90 valence electrons. The van der Waals surface area contributed by atoms with Crippen LogP contribution in [0.5, 0.6) is 0 Å². The van der Waals surface area contributed by atoms with Gasteiger partial charge in [0, 0.05) is 10.9 Å². The van der Waals surface area contributed by atoms with E-state index >= 15 is 0 Å². The lowest BCUT2D eigenvalue weighted by atomic mass is 10.1. The van der Waals surface area contributed by atoms with Crippen LogP contribution in [0.1, 0.15) is 48.8 Å². The number of hydrogen-bond donors (Lipinski definition) is 1. The molecular formula is C13H22N2S. The molecule has 1 aromatic rings. The Morgan fingerprint density at radius 2 is 2.12 bits per heavy atom. The summed E-state index contributed by atoms with van der Waals surface area (Å²) in [7, 11) is 0. The van der Waals surface area contributed by atoms with Crippen LogP contribution in [-0.2, 0) is 0 Å². The van der Waals surface area contributed by atoms with E-state index in [1.165, 1.54) is 22.0 Å². The monoisotopic (exact) mass is 238 g/mol. The molecule has 0 aromatic carbocycles. The summed E-state index contributed by atoms with van der Waals surface area (Å²) in [6.07, 6.45) is 1.37. The summed E-state index contributed by atoms with van der Waals surface area (Å²) in [5.74, 6) is 0.865. The highest BCUT2D eigenvalue weighted by Gasteiger charge is 2.44. The zero-order valence-corrected chi connectivity index (χ0v) is 11.7. The number of nitrogens with zero attached hydrogens (tertiary/aromatic N) is 1. The Balaban J connectivity index is 1.89. The van der Waals surface area contributed by atoms with Gasteiger partial charge in [0.2, 0.25) is 0 Å². The van der Waals surface area contributed by atoms with Crippen molar-refractivity contribution in [2.24, 2.45) is 11.3 Å². The lowest BCUT2D eigenvalue weighted by Gasteiger charge is -2.13. The Morgan fingerprint density at radius 1 is 1.50 bits per heavy atom. The highest BCUT2D eigenvalue weighted by Crippen LogP contribution is 2.51. The third-order valence-corrected chi connectivity index (χ3v) is 4.98. The number of aryl methyl sites for hydroxylation is 2. The molecule has 3 heteroatoms. The highest BCUT2D eigenvalue weighted by atomic mass is 32.1. The van der Waals surface area contributed by atoms with Gasteiger partial charge in [0.25, 0.3) is 0 Å². The fourth-order valence-corrected chi connectivity index (χ4v) is 3.24. The lowest BCUT2D eigenvalue weighted by Crippen LogP contribution is -2.22. The van der Waals surface area contributed by atoms with Crippen molar-refractivity contribution in [1.82, 2.24) is 10.3 Å². The van der Waals surface area contributed by atoms with E-state index in [9.17, 15) is 0 Å². The Labute approximate surface area is 102 Å². The zero-order chi connectivity index (χ0) is 11.9. The van der Waals surface area contributed by atoms with Crippen LogP contribution in [0.2, 0.25) is 0 Å². The first-order valence-corrected chi connectivity index (χ1v) is 6.89. The summed E-state index contributed by atoms with van der Waals surface area (Å²) in [4.78, 5) is 5.88. The maximum absolute atomic E-state index is 4.48. The summed E-state index contributed by atoms with van der Waals surface area (Å²) >= 11 is 1.82. The summed E-state index contributed by atoms with van der Waals surface area (Å²) in [5, 5.41) is 4.82. The molecule has 0 saturated heterocycles. The van der Waals surface area contributed by atoms with Crippen molar-refractivity contribution in [1.29, 1.82) is 0 Å². The van der Waals surface area contributed by atoms with Gasteiger partial charge in [0.1, 0.15) is 0 Å². The standard InChI is InChI=1S/C13H22N2S/c1-8(12-9(2)15-10(3)16-12)14-7-11-6-13(11,4)5/h8,11,14H,6-7H2,1-5H3. The summed E-state index contributed by atoms with van der Waals surface area (Å²) < 4.78 is 0. The van der Waals surface area contributed by atoms with Gasteiger partial charge in [0.15, 0.2) is 0 Å². The van der Waals surface area contributed by atoms with E-state index in [0.29, 0.717) is 11.5 Å². The lowest BCUT2D eigenvalue weighted by molar-refractivity contribution is 0.487. The van der Waals surface area contributed by atoms with Crippen LogP contribution < -0.4 is 5.32 Å². The summed E-state index contributed by atoms with van der Waals surface area (Å²) in [5.41, 5.74) is 1.77. The van der Waals surface area contributed by atoms with Gasteiger partial charge in [-0.1, -0.05) is 13.8 Å². The summed E-state index contributed by atoms with van der Waals surface area (Å²) in [6, 6.07) is 0.447. The molecule has 1 aliphatic carbocycles. The van der Waals surface area contributed by atoms with Crippen LogP contribution in [0, 0.1) is 25.2 Å². The van der Waals surface area contributed by atoms with Gasteiger partial charge in [0.05, 0.1) is 10.7 Å². The van der Waals surface area contributed by atoms with Crippen molar-refractivity contribution in [2.45, 2.75) is 47.1 Å². The fraction of sp³-hybridized carbons (Fsp3) is 0.769. The molecule has 0 radical (unpaired) electrons. The number of aromatic nitrogens is 1. The van der Waals surface area contributed by atoms with E-state index in [-0.39, 0.29) is 0 Å². The van der Waals surface area contributed by atoms with Crippen molar-refractivity contribution >= 4 is 11.3 Å². The Hall–Kier alpha value is -0.410. The molecule has 2 rings (SSSR count). The molecular weight excluding hydrogens is 216 g/mol. The van der Waals surface area contributed by atoms with E-state index < -0.39 is 0 Å². The molecule has 2 unspecified atom stereocenters. The second kappa shape index (κ2) is 4.11. The number of rotatable bonds is 4. The maximum atomic E-state index is 4.48. The number of thiazole rings is 1. The second-order valence-electron chi connectivity index (χ2n) is 5.70.